The fraction of sp³-hybridized carbons (Fsp3) is 0.333. The number of aromatic nitrogens is 2. The van der Waals surface area contributed by atoms with E-state index >= 15 is 0 Å². The van der Waals surface area contributed by atoms with Gasteiger partial charge in [0.15, 0.2) is 0 Å². The predicted molar refractivity (Wildman–Crippen MR) is 75.7 cm³/mol. The molecule has 0 unspecified atom stereocenters. The van der Waals surface area contributed by atoms with Crippen molar-refractivity contribution in [3.8, 4) is 11.3 Å². The van der Waals surface area contributed by atoms with Gasteiger partial charge in [0.25, 0.3) is 0 Å². The number of anilines is 1. The normalized spacial score (nSPS) is 10.5. The quantitative estimate of drug-likeness (QED) is 0.911. The smallest absolute Gasteiger partial charge is 0.131 e. The number of nitrogens with zero attached hydrogens (tertiary/aromatic N) is 2. The molecule has 2 rings (SSSR count). The summed E-state index contributed by atoms with van der Waals surface area (Å²) in [7, 11) is 1.83. The van der Waals surface area contributed by atoms with Crippen LogP contribution in [0.5, 0.6) is 0 Å². The molecule has 0 amide bonds. The Labute approximate surface area is 112 Å². The van der Waals surface area contributed by atoms with Crippen LogP contribution >= 0.6 is 0 Å². The summed E-state index contributed by atoms with van der Waals surface area (Å²) in [5, 5.41) is 3.04. The molecule has 1 N–H and O–H groups in total. The zero-order valence-corrected chi connectivity index (χ0v) is 11.5. The second-order valence-electron chi connectivity index (χ2n) is 4.52. The highest BCUT2D eigenvalue weighted by Gasteiger charge is 2.07. The Morgan fingerprint density at radius 1 is 1.21 bits per heavy atom. The summed E-state index contributed by atoms with van der Waals surface area (Å²) in [4.78, 5) is 8.95. The molecule has 1 aromatic heterocycles. The first-order valence-electron chi connectivity index (χ1n) is 6.46. The van der Waals surface area contributed by atoms with E-state index in [1.54, 1.807) is 13.0 Å². The Morgan fingerprint density at radius 3 is 2.63 bits per heavy atom. The highest BCUT2D eigenvalue weighted by atomic mass is 19.1. The van der Waals surface area contributed by atoms with Gasteiger partial charge in [-0.25, -0.2) is 14.4 Å². The van der Waals surface area contributed by atoms with Gasteiger partial charge in [-0.15, -0.1) is 0 Å². The summed E-state index contributed by atoms with van der Waals surface area (Å²) in [6, 6.07) is 6.92. The van der Waals surface area contributed by atoms with Crippen molar-refractivity contribution in [3.63, 3.8) is 0 Å². The Hall–Kier alpha value is -1.97. The second kappa shape index (κ2) is 5.78. The molecule has 100 valence electrons. The molecule has 2 aromatic rings. The summed E-state index contributed by atoms with van der Waals surface area (Å²) in [5.74, 6) is 1.40. The third-order valence-corrected chi connectivity index (χ3v) is 2.96. The molecule has 0 saturated carbocycles. The molecular weight excluding hydrogens is 241 g/mol. The first kappa shape index (κ1) is 13.5. The van der Waals surface area contributed by atoms with Crippen molar-refractivity contribution in [1.82, 2.24) is 9.97 Å². The lowest BCUT2D eigenvalue weighted by Gasteiger charge is -2.08. The number of benzene rings is 1. The number of aryl methyl sites for hydroxylation is 2. The van der Waals surface area contributed by atoms with Gasteiger partial charge >= 0.3 is 0 Å². The number of halogens is 1. The molecule has 0 fully saturated rings. The minimum Gasteiger partial charge on any atom is -0.373 e. The van der Waals surface area contributed by atoms with E-state index in [1.165, 1.54) is 6.07 Å². The third-order valence-electron chi connectivity index (χ3n) is 2.96. The van der Waals surface area contributed by atoms with Crippen LogP contribution in [0.1, 0.15) is 24.7 Å². The van der Waals surface area contributed by atoms with Crippen LogP contribution in [-0.2, 0) is 6.42 Å². The van der Waals surface area contributed by atoms with E-state index in [-0.39, 0.29) is 5.82 Å². The van der Waals surface area contributed by atoms with Crippen molar-refractivity contribution >= 4 is 5.82 Å². The standard InChI is InChI=1S/C15H18FN3/c1-4-5-14-18-13(9-15(17-3)19-14)11-6-7-12(16)10(2)8-11/h6-9H,4-5H2,1-3H3,(H,17,18,19). The van der Waals surface area contributed by atoms with Gasteiger partial charge in [-0.3, -0.25) is 0 Å². The van der Waals surface area contributed by atoms with Gasteiger partial charge in [-0.2, -0.15) is 0 Å². The molecule has 1 aromatic carbocycles. The van der Waals surface area contributed by atoms with Gasteiger partial charge in [0, 0.05) is 25.1 Å². The monoisotopic (exact) mass is 259 g/mol. The largest absolute Gasteiger partial charge is 0.373 e. The molecule has 0 aliphatic carbocycles. The van der Waals surface area contributed by atoms with Crippen molar-refractivity contribution < 1.29 is 4.39 Å². The highest BCUT2D eigenvalue weighted by molar-refractivity contribution is 5.63. The minimum absolute atomic E-state index is 0.194. The maximum atomic E-state index is 13.3. The molecule has 3 nitrogen and oxygen atoms in total. The summed E-state index contributed by atoms with van der Waals surface area (Å²) >= 11 is 0. The second-order valence-corrected chi connectivity index (χ2v) is 4.52. The zero-order valence-electron chi connectivity index (χ0n) is 11.5. The van der Waals surface area contributed by atoms with Crippen LogP contribution in [-0.4, -0.2) is 17.0 Å². The molecule has 0 saturated heterocycles. The van der Waals surface area contributed by atoms with Crippen molar-refractivity contribution in [2.24, 2.45) is 0 Å². The lowest BCUT2D eigenvalue weighted by Crippen LogP contribution is -2.01. The Kier molecular flexibility index (Phi) is 4.10. The van der Waals surface area contributed by atoms with Crippen LogP contribution in [0, 0.1) is 12.7 Å². The molecule has 0 aliphatic heterocycles. The van der Waals surface area contributed by atoms with Gasteiger partial charge in [-0.05, 0) is 37.1 Å². The first-order chi connectivity index (χ1) is 9.13. The number of rotatable bonds is 4. The molecule has 0 radical (unpaired) electrons. The van der Waals surface area contributed by atoms with E-state index in [1.807, 2.05) is 19.2 Å². The van der Waals surface area contributed by atoms with Crippen LogP contribution in [0.2, 0.25) is 0 Å². The van der Waals surface area contributed by atoms with Crippen molar-refractivity contribution in [2.75, 3.05) is 12.4 Å². The Balaban J connectivity index is 2.47. The van der Waals surface area contributed by atoms with E-state index in [0.717, 1.165) is 35.7 Å². The van der Waals surface area contributed by atoms with Crippen LogP contribution in [0.4, 0.5) is 10.2 Å². The van der Waals surface area contributed by atoms with Crippen molar-refractivity contribution in [1.29, 1.82) is 0 Å². The molecule has 0 aliphatic rings. The lowest BCUT2D eigenvalue weighted by molar-refractivity contribution is 0.618. The SMILES string of the molecule is CCCc1nc(NC)cc(-c2ccc(F)c(C)c2)n1. The van der Waals surface area contributed by atoms with Crippen LogP contribution in [0.3, 0.4) is 0 Å². The molecule has 19 heavy (non-hydrogen) atoms. The molecule has 1 heterocycles. The minimum atomic E-state index is -0.194. The van der Waals surface area contributed by atoms with Gasteiger partial charge in [-0.1, -0.05) is 6.92 Å². The van der Waals surface area contributed by atoms with Gasteiger partial charge < -0.3 is 5.32 Å². The van der Waals surface area contributed by atoms with Crippen LogP contribution in [0.25, 0.3) is 11.3 Å². The average molecular weight is 259 g/mol. The van der Waals surface area contributed by atoms with Gasteiger partial charge in [0.05, 0.1) is 5.69 Å². The molecule has 0 bridgehead atoms. The molecule has 0 atom stereocenters. The average Bonchev–Trinajstić information content (AvgIpc) is 2.42. The van der Waals surface area contributed by atoms with E-state index in [0.29, 0.717) is 5.56 Å². The maximum Gasteiger partial charge on any atom is 0.131 e. The topological polar surface area (TPSA) is 37.8 Å². The third kappa shape index (κ3) is 3.08. The number of nitrogens with one attached hydrogen (secondary N) is 1. The summed E-state index contributed by atoms with van der Waals surface area (Å²) in [5.41, 5.74) is 2.36. The van der Waals surface area contributed by atoms with Crippen LogP contribution < -0.4 is 5.32 Å². The van der Waals surface area contributed by atoms with E-state index < -0.39 is 0 Å². The lowest BCUT2D eigenvalue weighted by atomic mass is 10.1. The number of hydrogen-bond acceptors (Lipinski definition) is 3. The van der Waals surface area contributed by atoms with E-state index in [9.17, 15) is 4.39 Å². The fourth-order valence-electron chi connectivity index (χ4n) is 1.91. The van der Waals surface area contributed by atoms with Crippen molar-refractivity contribution in [3.05, 3.63) is 41.5 Å². The van der Waals surface area contributed by atoms with Crippen LogP contribution in [0.15, 0.2) is 24.3 Å². The summed E-state index contributed by atoms with van der Waals surface area (Å²) in [6.45, 7) is 3.85. The summed E-state index contributed by atoms with van der Waals surface area (Å²) in [6.07, 6.45) is 1.83. The Bertz CT molecular complexity index is 582. The summed E-state index contributed by atoms with van der Waals surface area (Å²) < 4.78 is 13.3. The fourth-order valence-corrected chi connectivity index (χ4v) is 1.91. The van der Waals surface area contributed by atoms with E-state index in [2.05, 4.69) is 22.2 Å². The zero-order chi connectivity index (χ0) is 13.8. The molecule has 4 heteroatoms. The van der Waals surface area contributed by atoms with E-state index in [4.69, 9.17) is 0 Å². The molecular formula is C15H18FN3. The number of hydrogen-bond donors (Lipinski definition) is 1. The predicted octanol–water partition coefficient (Wildman–Crippen LogP) is 3.59. The van der Waals surface area contributed by atoms with Gasteiger partial charge in [0.1, 0.15) is 17.5 Å². The van der Waals surface area contributed by atoms with Gasteiger partial charge in [0.2, 0.25) is 0 Å². The molecule has 0 spiro atoms. The maximum absolute atomic E-state index is 13.3. The Morgan fingerprint density at radius 2 is 2.00 bits per heavy atom. The van der Waals surface area contributed by atoms with Crippen molar-refractivity contribution in [2.45, 2.75) is 26.7 Å². The first-order valence-corrected chi connectivity index (χ1v) is 6.46. The highest BCUT2D eigenvalue weighted by Crippen LogP contribution is 2.22.